The van der Waals surface area contributed by atoms with Gasteiger partial charge in [-0.3, -0.25) is 4.79 Å². The molecule has 1 N–H and O–H groups in total. The van der Waals surface area contributed by atoms with Crippen LogP contribution in [0.3, 0.4) is 0 Å². The first kappa shape index (κ1) is 29.7. The van der Waals surface area contributed by atoms with Gasteiger partial charge < -0.3 is 9.84 Å². The highest BCUT2D eigenvalue weighted by molar-refractivity contribution is 5.79. The summed E-state index contributed by atoms with van der Waals surface area (Å²) in [5.41, 5.74) is 1.91. The molecule has 0 heterocycles. The summed E-state index contributed by atoms with van der Waals surface area (Å²) < 4.78 is 6.15. The fourth-order valence-electron chi connectivity index (χ4n) is 11.7. The SMILES string of the molecule is CCCCCCOC(=O)[C@]12CC[C@@H](C)[C@H](C)[C@H]1C1=CC[C@@H]3[C@@]4(C)CC[C@H](O)C(C)(C)[C@@H]4CC[C@@]3(C)[C@]1(C)CC2. The number of ether oxygens (including phenoxy) is 1. The summed E-state index contributed by atoms with van der Waals surface area (Å²) >= 11 is 0. The van der Waals surface area contributed by atoms with Crippen LogP contribution in [0.1, 0.15) is 139 Å². The average Bonchev–Trinajstić information content (AvgIpc) is 2.89. The van der Waals surface area contributed by atoms with E-state index in [1.807, 2.05) is 0 Å². The zero-order valence-corrected chi connectivity index (χ0v) is 26.7. The van der Waals surface area contributed by atoms with E-state index >= 15 is 0 Å². The Morgan fingerprint density at radius 3 is 2.38 bits per heavy atom. The van der Waals surface area contributed by atoms with E-state index in [0.717, 1.165) is 57.8 Å². The van der Waals surface area contributed by atoms with E-state index in [1.165, 1.54) is 25.7 Å². The molecule has 0 saturated heterocycles. The number of fused-ring (bicyclic) bond motifs is 7. The lowest BCUT2D eigenvalue weighted by Crippen LogP contribution is -2.65. The van der Waals surface area contributed by atoms with E-state index in [0.29, 0.717) is 36.2 Å². The van der Waals surface area contributed by atoms with Crippen molar-refractivity contribution in [2.45, 2.75) is 145 Å². The molecule has 10 atom stereocenters. The summed E-state index contributed by atoms with van der Waals surface area (Å²) in [5.74, 6) is 2.80. The lowest BCUT2D eigenvalue weighted by Gasteiger charge is -2.71. The van der Waals surface area contributed by atoms with Crippen LogP contribution in [0.5, 0.6) is 0 Å². The van der Waals surface area contributed by atoms with Crippen molar-refractivity contribution in [3.63, 3.8) is 0 Å². The third-order valence-electron chi connectivity index (χ3n) is 14.6. The minimum Gasteiger partial charge on any atom is -0.465 e. The second kappa shape index (κ2) is 10.2. The highest BCUT2D eigenvalue weighted by Crippen LogP contribution is 2.75. The summed E-state index contributed by atoms with van der Waals surface area (Å²) in [6.45, 7) is 20.2. The van der Waals surface area contributed by atoms with Crippen LogP contribution in [0.25, 0.3) is 0 Å². The summed E-state index contributed by atoms with van der Waals surface area (Å²) in [5, 5.41) is 11.0. The molecule has 0 bridgehead atoms. The van der Waals surface area contributed by atoms with E-state index < -0.39 is 0 Å². The molecule has 0 aromatic carbocycles. The molecule has 5 aliphatic carbocycles. The second-order valence-corrected chi connectivity index (χ2v) is 16.4. The average molecular weight is 541 g/mol. The Hall–Kier alpha value is -0.830. The van der Waals surface area contributed by atoms with Gasteiger partial charge in [-0.05, 0) is 115 Å². The summed E-state index contributed by atoms with van der Waals surface area (Å²) in [7, 11) is 0. The summed E-state index contributed by atoms with van der Waals surface area (Å²) in [6, 6.07) is 0. The molecule has 222 valence electrons. The smallest absolute Gasteiger partial charge is 0.312 e. The number of unbranched alkanes of at least 4 members (excludes halogenated alkanes) is 3. The van der Waals surface area contributed by atoms with Crippen molar-refractivity contribution >= 4 is 5.97 Å². The van der Waals surface area contributed by atoms with Gasteiger partial charge in [0.05, 0.1) is 18.1 Å². The number of rotatable bonds is 6. The Morgan fingerprint density at radius 1 is 0.923 bits per heavy atom. The first-order valence-corrected chi connectivity index (χ1v) is 16.9. The largest absolute Gasteiger partial charge is 0.465 e. The van der Waals surface area contributed by atoms with Crippen molar-refractivity contribution < 1.29 is 14.6 Å². The predicted molar refractivity (Wildman–Crippen MR) is 160 cm³/mol. The molecule has 0 aromatic heterocycles. The maximum atomic E-state index is 14.0. The van der Waals surface area contributed by atoms with E-state index in [4.69, 9.17) is 4.74 Å². The van der Waals surface area contributed by atoms with Crippen molar-refractivity contribution in [2.24, 2.45) is 56.7 Å². The third-order valence-corrected chi connectivity index (χ3v) is 14.6. The summed E-state index contributed by atoms with van der Waals surface area (Å²) in [6.07, 6.45) is 17.0. The molecule has 0 aliphatic heterocycles. The van der Waals surface area contributed by atoms with E-state index in [9.17, 15) is 9.90 Å². The van der Waals surface area contributed by atoms with Gasteiger partial charge in [0, 0.05) is 0 Å². The van der Waals surface area contributed by atoms with E-state index in [-0.39, 0.29) is 39.1 Å². The minimum atomic E-state index is -0.330. The Balaban J connectivity index is 1.50. The molecule has 4 fully saturated rings. The highest BCUT2D eigenvalue weighted by atomic mass is 16.5. The second-order valence-electron chi connectivity index (χ2n) is 16.4. The topological polar surface area (TPSA) is 46.5 Å². The number of allylic oxidation sites excluding steroid dienone is 2. The van der Waals surface area contributed by atoms with Crippen LogP contribution in [0.4, 0.5) is 0 Å². The number of hydrogen-bond acceptors (Lipinski definition) is 3. The van der Waals surface area contributed by atoms with Gasteiger partial charge in [-0.1, -0.05) is 86.3 Å². The number of carbonyl (C=O) groups is 1. The van der Waals surface area contributed by atoms with Gasteiger partial charge in [-0.25, -0.2) is 0 Å². The standard InChI is InChI=1S/C36H60O3/c1-9-10-11-12-23-39-31(38)36-20-15-24(2)25(3)30(36)26-13-14-28-33(6)18-17-29(37)32(4,5)27(33)16-19-35(28,8)34(26,7)21-22-36/h13,24-25,27-30,37H,9-12,14-23H2,1-8H3/t24-,25+,27+,28-,29+,30+,33+,34-,35-,36+/m1/s1. The fourth-order valence-corrected chi connectivity index (χ4v) is 11.7. The normalized spacial score (nSPS) is 48.6. The molecule has 0 aromatic rings. The van der Waals surface area contributed by atoms with Crippen LogP contribution < -0.4 is 0 Å². The lowest BCUT2D eigenvalue weighted by atomic mass is 9.33. The van der Waals surface area contributed by atoms with Crippen molar-refractivity contribution in [1.29, 1.82) is 0 Å². The van der Waals surface area contributed by atoms with Gasteiger partial charge in [0.1, 0.15) is 0 Å². The number of hydrogen-bond donors (Lipinski definition) is 1. The molecular formula is C36H60O3. The Labute approximate surface area is 240 Å². The van der Waals surface area contributed by atoms with Crippen molar-refractivity contribution in [3.05, 3.63) is 11.6 Å². The zero-order valence-electron chi connectivity index (χ0n) is 26.7. The maximum absolute atomic E-state index is 14.0. The fraction of sp³-hybridized carbons (Fsp3) is 0.917. The van der Waals surface area contributed by atoms with Crippen LogP contribution in [0, 0.1) is 56.7 Å². The molecule has 5 rings (SSSR count). The molecule has 4 saturated carbocycles. The molecule has 3 heteroatoms. The highest BCUT2D eigenvalue weighted by Gasteiger charge is 2.69. The van der Waals surface area contributed by atoms with Crippen molar-refractivity contribution in [2.75, 3.05) is 6.61 Å². The molecule has 0 unspecified atom stereocenters. The van der Waals surface area contributed by atoms with Crippen molar-refractivity contribution in [3.8, 4) is 0 Å². The third kappa shape index (κ3) is 4.16. The Bertz CT molecular complexity index is 966. The van der Waals surface area contributed by atoms with Crippen LogP contribution >= 0.6 is 0 Å². The Morgan fingerprint density at radius 2 is 1.67 bits per heavy atom. The van der Waals surface area contributed by atoms with Crippen molar-refractivity contribution in [1.82, 2.24) is 0 Å². The molecule has 0 spiro atoms. The van der Waals surface area contributed by atoms with Crippen LogP contribution in [0.2, 0.25) is 0 Å². The number of carbonyl (C=O) groups excluding carboxylic acids is 1. The quantitative estimate of drug-likeness (QED) is 0.207. The van der Waals surface area contributed by atoms with Crippen LogP contribution in [-0.2, 0) is 9.53 Å². The van der Waals surface area contributed by atoms with E-state index in [2.05, 4.69) is 61.5 Å². The molecule has 5 aliphatic rings. The van der Waals surface area contributed by atoms with E-state index in [1.54, 1.807) is 5.57 Å². The predicted octanol–water partition coefficient (Wildman–Crippen LogP) is 9.13. The summed E-state index contributed by atoms with van der Waals surface area (Å²) in [4.78, 5) is 14.0. The first-order chi connectivity index (χ1) is 18.3. The van der Waals surface area contributed by atoms with Gasteiger partial charge >= 0.3 is 5.97 Å². The van der Waals surface area contributed by atoms with Gasteiger partial charge in [-0.2, -0.15) is 0 Å². The number of aliphatic hydroxyl groups is 1. The monoisotopic (exact) mass is 540 g/mol. The maximum Gasteiger partial charge on any atom is 0.312 e. The van der Waals surface area contributed by atoms with Crippen LogP contribution in [0.15, 0.2) is 11.6 Å². The van der Waals surface area contributed by atoms with Crippen LogP contribution in [-0.4, -0.2) is 23.8 Å². The van der Waals surface area contributed by atoms with Gasteiger partial charge in [0.2, 0.25) is 0 Å². The van der Waals surface area contributed by atoms with Gasteiger partial charge in [0.15, 0.2) is 0 Å². The molecule has 39 heavy (non-hydrogen) atoms. The Kier molecular flexibility index (Phi) is 7.73. The van der Waals surface area contributed by atoms with Gasteiger partial charge in [-0.15, -0.1) is 0 Å². The first-order valence-electron chi connectivity index (χ1n) is 16.9. The molecular weight excluding hydrogens is 480 g/mol. The molecule has 3 nitrogen and oxygen atoms in total. The molecule has 0 amide bonds. The lowest BCUT2D eigenvalue weighted by molar-refractivity contribution is -0.207. The zero-order chi connectivity index (χ0) is 28.4. The molecule has 0 radical (unpaired) electrons. The number of aliphatic hydroxyl groups excluding tert-OH is 1. The van der Waals surface area contributed by atoms with Gasteiger partial charge in [0.25, 0.3) is 0 Å². The minimum absolute atomic E-state index is 0.0187. The number of esters is 1.